The fraction of sp³-hybridized carbons (Fsp3) is 0.280. The van der Waals surface area contributed by atoms with Crippen molar-refractivity contribution in [2.45, 2.75) is 19.5 Å². The van der Waals surface area contributed by atoms with Crippen molar-refractivity contribution < 1.29 is 36.7 Å². The highest BCUT2D eigenvalue weighted by Crippen LogP contribution is 2.31. The first-order valence-electron chi connectivity index (χ1n) is 11.8. The molecule has 10 nitrogen and oxygen atoms in total. The second-order valence-corrected chi connectivity index (χ2v) is 8.70. The van der Waals surface area contributed by atoms with Crippen molar-refractivity contribution in [1.82, 2.24) is 20.2 Å². The highest BCUT2D eigenvalue weighted by Gasteiger charge is 2.23. The van der Waals surface area contributed by atoms with E-state index >= 15 is 0 Å². The molecule has 214 valence electrons. The Hall–Kier alpha value is -4.17. The molecule has 3 rings (SSSR count). The summed E-state index contributed by atoms with van der Waals surface area (Å²) in [7, 11) is 1.38. The Morgan fingerprint density at radius 1 is 1.07 bits per heavy atom. The first-order valence-corrected chi connectivity index (χ1v) is 12.2. The predicted molar refractivity (Wildman–Crippen MR) is 138 cm³/mol. The number of nitrogens with two attached hydrogens (primary N) is 1. The van der Waals surface area contributed by atoms with Crippen LogP contribution in [-0.2, 0) is 11.8 Å². The van der Waals surface area contributed by atoms with E-state index in [0.717, 1.165) is 18.3 Å². The Balaban J connectivity index is 1.64. The van der Waals surface area contributed by atoms with Crippen LogP contribution in [-0.4, -0.2) is 53.5 Å². The molecule has 0 spiro atoms. The van der Waals surface area contributed by atoms with Crippen LogP contribution in [0.3, 0.4) is 0 Å². The van der Waals surface area contributed by atoms with Gasteiger partial charge in [-0.05, 0) is 36.8 Å². The summed E-state index contributed by atoms with van der Waals surface area (Å²) in [4.78, 5) is 40.5. The molecule has 0 radical (unpaired) electrons. The zero-order valence-electron chi connectivity index (χ0n) is 21.1. The number of nitrogens with one attached hydrogen (secondary N) is 3. The van der Waals surface area contributed by atoms with Crippen LogP contribution < -0.4 is 26.4 Å². The van der Waals surface area contributed by atoms with E-state index < -0.39 is 35.8 Å². The molecule has 1 aromatic heterocycles. The maximum Gasteiger partial charge on any atom is 0.387 e. The van der Waals surface area contributed by atoms with E-state index in [9.17, 15) is 31.9 Å². The second kappa shape index (κ2) is 13.8. The third-order valence-corrected chi connectivity index (χ3v) is 5.85. The van der Waals surface area contributed by atoms with E-state index in [0.29, 0.717) is 13.0 Å². The van der Waals surface area contributed by atoms with Crippen LogP contribution in [0.2, 0.25) is 5.02 Å². The Bertz CT molecular complexity index is 1400. The summed E-state index contributed by atoms with van der Waals surface area (Å²) < 4.78 is 58.6. The van der Waals surface area contributed by atoms with Crippen molar-refractivity contribution in [3.05, 3.63) is 64.6 Å². The van der Waals surface area contributed by atoms with Gasteiger partial charge in [-0.3, -0.25) is 14.4 Å². The molecule has 3 amide bonds. The van der Waals surface area contributed by atoms with Gasteiger partial charge in [-0.1, -0.05) is 11.6 Å². The van der Waals surface area contributed by atoms with Gasteiger partial charge in [0.05, 0.1) is 22.5 Å². The zero-order chi connectivity index (χ0) is 29.4. The van der Waals surface area contributed by atoms with Crippen molar-refractivity contribution in [2.24, 2.45) is 12.8 Å². The number of amides is 3. The summed E-state index contributed by atoms with van der Waals surface area (Å²) in [5.74, 6) is -5.56. The van der Waals surface area contributed by atoms with Crippen molar-refractivity contribution in [3.63, 3.8) is 0 Å². The van der Waals surface area contributed by atoms with Gasteiger partial charge in [0, 0.05) is 44.4 Å². The van der Waals surface area contributed by atoms with E-state index in [1.165, 1.54) is 29.8 Å². The molecule has 40 heavy (non-hydrogen) atoms. The van der Waals surface area contributed by atoms with Gasteiger partial charge in [-0.25, -0.2) is 9.37 Å². The molecule has 0 fully saturated rings. The maximum atomic E-state index is 14.5. The topological polar surface area (TPSA) is 140 Å². The average Bonchev–Trinajstić information content (AvgIpc) is 3.27. The Morgan fingerprint density at radius 2 is 1.80 bits per heavy atom. The Kier molecular flexibility index (Phi) is 10.4. The molecule has 0 aliphatic rings. The molecule has 2 aromatic carbocycles. The average molecular weight is 585 g/mol. The lowest BCUT2D eigenvalue weighted by Crippen LogP contribution is -2.30. The minimum absolute atomic E-state index is 0.00542. The largest absolute Gasteiger partial charge is 0.432 e. The lowest BCUT2D eigenvalue weighted by molar-refractivity contribution is -0.120. The number of alkyl halides is 2. The minimum Gasteiger partial charge on any atom is -0.432 e. The van der Waals surface area contributed by atoms with E-state index in [1.54, 1.807) is 0 Å². The summed E-state index contributed by atoms with van der Waals surface area (Å²) in [6.07, 6.45) is 1.83. The van der Waals surface area contributed by atoms with Crippen LogP contribution in [0, 0.1) is 11.6 Å². The van der Waals surface area contributed by atoms with Gasteiger partial charge in [-0.15, -0.1) is 0 Å². The normalized spacial score (nSPS) is 10.9. The van der Waals surface area contributed by atoms with Gasteiger partial charge in [0.25, 0.3) is 11.8 Å². The number of benzene rings is 2. The number of aromatic nitrogens is 2. The standard InChI is InChI=1S/C25H25ClF4N6O4/c1-36-17(15-5-6-18(40-25(29)30)21(28)20(15)27)12-34-22(36)24(39)35-13-3-4-14(16(26)11-13)23(38)33-10-2-9-32-19(37)7-8-31/h3-6,11-12,25H,2,7-10,31H2,1H3,(H,32,37)(H,33,38)(H,35,39). The molecule has 1 heterocycles. The number of nitrogens with zero attached hydrogens (tertiary/aromatic N) is 2. The summed E-state index contributed by atoms with van der Waals surface area (Å²) in [6, 6.07) is 6.06. The van der Waals surface area contributed by atoms with Crippen molar-refractivity contribution >= 4 is 35.0 Å². The number of ether oxygens (including phenoxy) is 1. The van der Waals surface area contributed by atoms with Crippen LogP contribution in [0.4, 0.5) is 23.2 Å². The molecule has 0 unspecified atom stereocenters. The van der Waals surface area contributed by atoms with Gasteiger partial charge >= 0.3 is 6.61 Å². The number of halogens is 5. The molecule has 5 N–H and O–H groups in total. The molecule has 0 bridgehead atoms. The van der Waals surface area contributed by atoms with Gasteiger partial charge in [0.2, 0.25) is 11.7 Å². The summed E-state index contributed by atoms with van der Waals surface area (Å²) >= 11 is 6.23. The maximum absolute atomic E-state index is 14.5. The Labute approximate surface area is 230 Å². The molecular weight excluding hydrogens is 560 g/mol. The number of carbonyl (C=O) groups excluding carboxylic acids is 3. The molecule has 3 aromatic rings. The van der Waals surface area contributed by atoms with Crippen molar-refractivity contribution in [2.75, 3.05) is 25.0 Å². The summed E-state index contributed by atoms with van der Waals surface area (Å²) in [5, 5.41) is 7.94. The quantitative estimate of drug-likeness (QED) is 0.190. The lowest BCUT2D eigenvalue weighted by Gasteiger charge is -2.11. The molecule has 15 heteroatoms. The first-order chi connectivity index (χ1) is 19.0. The van der Waals surface area contributed by atoms with E-state index in [4.69, 9.17) is 17.3 Å². The second-order valence-electron chi connectivity index (χ2n) is 8.29. The van der Waals surface area contributed by atoms with E-state index in [2.05, 4.69) is 25.7 Å². The fourth-order valence-electron chi connectivity index (χ4n) is 3.58. The molecule has 0 aliphatic carbocycles. The first kappa shape index (κ1) is 30.4. The van der Waals surface area contributed by atoms with Crippen LogP contribution >= 0.6 is 11.6 Å². The number of carbonyl (C=O) groups is 3. The van der Waals surface area contributed by atoms with Gasteiger partial charge in [-0.2, -0.15) is 13.2 Å². The number of hydrogen-bond acceptors (Lipinski definition) is 6. The van der Waals surface area contributed by atoms with Crippen molar-refractivity contribution in [1.29, 1.82) is 0 Å². The molecule has 0 aliphatic heterocycles. The molecular formula is C25H25ClF4N6O4. The smallest absolute Gasteiger partial charge is 0.387 e. The van der Waals surface area contributed by atoms with Gasteiger partial charge < -0.3 is 31.0 Å². The zero-order valence-corrected chi connectivity index (χ0v) is 21.8. The molecule has 0 saturated heterocycles. The third kappa shape index (κ3) is 7.48. The van der Waals surface area contributed by atoms with E-state index in [-0.39, 0.29) is 58.8 Å². The summed E-state index contributed by atoms with van der Waals surface area (Å²) in [6.45, 7) is -2.44. The van der Waals surface area contributed by atoms with Gasteiger partial charge in [0.15, 0.2) is 17.4 Å². The lowest BCUT2D eigenvalue weighted by atomic mass is 10.1. The van der Waals surface area contributed by atoms with Crippen LogP contribution in [0.25, 0.3) is 11.3 Å². The number of imidazole rings is 1. The monoisotopic (exact) mass is 584 g/mol. The van der Waals surface area contributed by atoms with Crippen molar-refractivity contribution in [3.8, 4) is 17.0 Å². The highest BCUT2D eigenvalue weighted by atomic mass is 35.5. The SMILES string of the molecule is Cn1c(-c2ccc(OC(F)F)c(F)c2F)cnc1C(=O)Nc1ccc(C(=O)NCCCNC(=O)CCN)c(Cl)c1. The Morgan fingerprint density at radius 3 is 2.48 bits per heavy atom. The number of anilines is 1. The number of hydrogen-bond donors (Lipinski definition) is 4. The molecule has 0 atom stereocenters. The highest BCUT2D eigenvalue weighted by molar-refractivity contribution is 6.34. The summed E-state index contributed by atoms with van der Waals surface area (Å²) in [5.41, 5.74) is 5.34. The van der Waals surface area contributed by atoms with Gasteiger partial charge in [0.1, 0.15) is 0 Å². The fourth-order valence-corrected chi connectivity index (χ4v) is 3.85. The number of rotatable bonds is 12. The van der Waals surface area contributed by atoms with Crippen LogP contribution in [0.15, 0.2) is 36.5 Å². The molecule has 0 saturated carbocycles. The third-order valence-electron chi connectivity index (χ3n) is 5.53. The van der Waals surface area contributed by atoms with E-state index in [1.807, 2.05) is 0 Å². The predicted octanol–water partition coefficient (Wildman–Crippen LogP) is 3.46. The minimum atomic E-state index is -3.34. The van der Waals surface area contributed by atoms with Crippen LogP contribution in [0.1, 0.15) is 33.8 Å². The van der Waals surface area contributed by atoms with Crippen LogP contribution in [0.5, 0.6) is 5.75 Å².